The van der Waals surface area contributed by atoms with Gasteiger partial charge < -0.3 is 0 Å². The third-order valence-corrected chi connectivity index (χ3v) is 2.40. The molecule has 12 heavy (non-hydrogen) atoms. The molecular formula is C8H8ClNOS. The van der Waals surface area contributed by atoms with Crippen LogP contribution < -0.4 is 0 Å². The van der Waals surface area contributed by atoms with Gasteiger partial charge in [0.1, 0.15) is 0 Å². The van der Waals surface area contributed by atoms with Gasteiger partial charge in [-0.25, -0.2) is 4.98 Å². The number of thioether (sulfide) groups is 1. The molecule has 0 radical (unpaired) electrons. The van der Waals surface area contributed by atoms with Crippen molar-refractivity contribution >= 4 is 29.6 Å². The third-order valence-electron chi connectivity index (χ3n) is 1.28. The zero-order chi connectivity index (χ0) is 8.97. The second-order valence-electron chi connectivity index (χ2n) is 2.09. The maximum absolute atomic E-state index is 10.5. The van der Waals surface area contributed by atoms with E-state index < -0.39 is 0 Å². The third kappa shape index (κ3) is 2.22. The standard InChI is InChI=1S/C8H8ClNOS/c1-2-12-8-3-6(5-11)7(9)4-10-8/h3-5H,2H2,1H3. The molecule has 0 aliphatic carbocycles. The number of aromatic nitrogens is 1. The summed E-state index contributed by atoms with van der Waals surface area (Å²) in [5.74, 6) is 0.937. The van der Waals surface area contributed by atoms with Gasteiger partial charge in [-0.2, -0.15) is 0 Å². The van der Waals surface area contributed by atoms with E-state index in [1.54, 1.807) is 17.8 Å². The van der Waals surface area contributed by atoms with Crippen molar-refractivity contribution in [3.8, 4) is 0 Å². The van der Waals surface area contributed by atoms with E-state index in [1.807, 2.05) is 6.92 Å². The Bertz CT molecular complexity index is 290. The maximum Gasteiger partial charge on any atom is 0.151 e. The minimum absolute atomic E-state index is 0.408. The van der Waals surface area contributed by atoms with Crippen molar-refractivity contribution in [3.63, 3.8) is 0 Å². The first-order valence-corrected chi connectivity index (χ1v) is 4.87. The Kier molecular flexibility index (Phi) is 3.56. The number of halogens is 1. The van der Waals surface area contributed by atoms with Gasteiger partial charge in [-0.1, -0.05) is 18.5 Å². The van der Waals surface area contributed by atoms with Crippen molar-refractivity contribution in [2.75, 3.05) is 5.75 Å². The lowest BCUT2D eigenvalue weighted by Crippen LogP contribution is -1.86. The quantitative estimate of drug-likeness (QED) is 0.556. The van der Waals surface area contributed by atoms with Crippen molar-refractivity contribution in [1.82, 2.24) is 4.98 Å². The Labute approximate surface area is 80.3 Å². The Hall–Kier alpha value is -0.540. The lowest BCUT2D eigenvalue weighted by molar-refractivity contribution is 0.112. The molecule has 0 spiro atoms. The van der Waals surface area contributed by atoms with Gasteiger partial charge in [-0.3, -0.25) is 4.79 Å². The van der Waals surface area contributed by atoms with E-state index in [1.165, 1.54) is 6.20 Å². The average molecular weight is 202 g/mol. The lowest BCUT2D eigenvalue weighted by atomic mass is 10.3. The van der Waals surface area contributed by atoms with E-state index in [0.717, 1.165) is 17.1 Å². The van der Waals surface area contributed by atoms with E-state index >= 15 is 0 Å². The predicted molar refractivity (Wildman–Crippen MR) is 51.0 cm³/mol. The summed E-state index contributed by atoms with van der Waals surface area (Å²) in [7, 11) is 0. The highest BCUT2D eigenvalue weighted by Gasteiger charge is 2.01. The highest BCUT2D eigenvalue weighted by atomic mass is 35.5. The molecule has 1 aromatic rings. The summed E-state index contributed by atoms with van der Waals surface area (Å²) in [4.78, 5) is 14.5. The smallest absolute Gasteiger partial charge is 0.151 e. The molecule has 1 heterocycles. The molecule has 0 N–H and O–H groups in total. The summed E-state index contributed by atoms with van der Waals surface area (Å²) in [6.07, 6.45) is 2.24. The van der Waals surface area contributed by atoms with Crippen LogP contribution in [0.3, 0.4) is 0 Å². The van der Waals surface area contributed by atoms with Crippen LogP contribution in [0.25, 0.3) is 0 Å². The minimum atomic E-state index is 0.408. The van der Waals surface area contributed by atoms with Gasteiger partial charge in [0.15, 0.2) is 6.29 Å². The second kappa shape index (κ2) is 4.48. The summed E-state index contributed by atoms with van der Waals surface area (Å²) in [6, 6.07) is 1.70. The van der Waals surface area contributed by atoms with E-state index in [0.29, 0.717) is 10.6 Å². The van der Waals surface area contributed by atoms with Gasteiger partial charge in [0, 0.05) is 11.8 Å². The molecule has 1 aromatic heterocycles. The summed E-state index contributed by atoms with van der Waals surface area (Å²) in [5, 5.41) is 1.24. The van der Waals surface area contributed by atoms with Crippen LogP contribution in [0.1, 0.15) is 17.3 Å². The second-order valence-corrected chi connectivity index (χ2v) is 3.79. The molecule has 2 nitrogen and oxygen atoms in total. The molecule has 0 atom stereocenters. The zero-order valence-corrected chi connectivity index (χ0v) is 8.15. The fourth-order valence-corrected chi connectivity index (χ4v) is 1.53. The van der Waals surface area contributed by atoms with Gasteiger partial charge in [-0.15, -0.1) is 11.8 Å². The maximum atomic E-state index is 10.5. The molecule has 0 aliphatic heterocycles. The van der Waals surface area contributed by atoms with Crippen molar-refractivity contribution in [1.29, 1.82) is 0 Å². The first kappa shape index (κ1) is 9.55. The molecule has 0 bridgehead atoms. The molecule has 0 saturated carbocycles. The van der Waals surface area contributed by atoms with Crippen LogP contribution >= 0.6 is 23.4 Å². The van der Waals surface area contributed by atoms with Crippen LogP contribution in [0.5, 0.6) is 0 Å². The number of rotatable bonds is 3. The summed E-state index contributed by atoms with van der Waals surface area (Å²) < 4.78 is 0. The fourth-order valence-electron chi connectivity index (χ4n) is 0.751. The van der Waals surface area contributed by atoms with Crippen LogP contribution in [-0.4, -0.2) is 17.0 Å². The van der Waals surface area contributed by atoms with E-state index in [2.05, 4.69) is 4.98 Å². The van der Waals surface area contributed by atoms with Crippen molar-refractivity contribution in [3.05, 3.63) is 22.8 Å². The molecule has 4 heteroatoms. The zero-order valence-electron chi connectivity index (χ0n) is 6.58. The minimum Gasteiger partial charge on any atom is -0.298 e. The fraction of sp³-hybridized carbons (Fsp3) is 0.250. The first-order chi connectivity index (χ1) is 5.77. The molecule has 0 aromatic carbocycles. The monoisotopic (exact) mass is 201 g/mol. The Morgan fingerprint density at radius 3 is 3.08 bits per heavy atom. The Morgan fingerprint density at radius 2 is 2.50 bits per heavy atom. The SMILES string of the molecule is CCSc1cc(C=O)c(Cl)cn1. The number of carbonyl (C=O) groups excluding carboxylic acids is 1. The normalized spacial score (nSPS) is 9.83. The number of aldehydes is 1. The first-order valence-electron chi connectivity index (χ1n) is 3.51. The highest BCUT2D eigenvalue weighted by molar-refractivity contribution is 7.99. The summed E-state index contributed by atoms with van der Waals surface area (Å²) in [5.41, 5.74) is 0.502. The molecule has 0 aliphatic rings. The van der Waals surface area contributed by atoms with Crippen LogP contribution in [0.15, 0.2) is 17.3 Å². The largest absolute Gasteiger partial charge is 0.298 e. The molecule has 0 unspecified atom stereocenters. The van der Waals surface area contributed by atoms with E-state index in [-0.39, 0.29) is 0 Å². The molecule has 64 valence electrons. The number of hydrogen-bond donors (Lipinski definition) is 0. The van der Waals surface area contributed by atoms with E-state index in [9.17, 15) is 4.79 Å². The van der Waals surface area contributed by atoms with Crippen molar-refractivity contribution in [2.45, 2.75) is 11.9 Å². The van der Waals surface area contributed by atoms with Crippen molar-refractivity contribution in [2.24, 2.45) is 0 Å². The van der Waals surface area contributed by atoms with Gasteiger partial charge in [0.2, 0.25) is 0 Å². The average Bonchev–Trinajstić information content (AvgIpc) is 2.09. The Balaban J connectivity index is 2.96. The van der Waals surface area contributed by atoms with Crippen LogP contribution in [-0.2, 0) is 0 Å². The van der Waals surface area contributed by atoms with Gasteiger partial charge in [0.25, 0.3) is 0 Å². The van der Waals surface area contributed by atoms with Crippen LogP contribution in [0, 0.1) is 0 Å². The molecule has 0 fully saturated rings. The van der Waals surface area contributed by atoms with Gasteiger partial charge >= 0.3 is 0 Å². The molecule has 0 saturated heterocycles. The topological polar surface area (TPSA) is 30.0 Å². The summed E-state index contributed by atoms with van der Waals surface area (Å²) in [6.45, 7) is 2.03. The highest BCUT2D eigenvalue weighted by Crippen LogP contribution is 2.20. The van der Waals surface area contributed by atoms with Crippen LogP contribution in [0.4, 0.5) is 0 Å². The number of hydrogen-bond acceptors (Lipinski definition) is 3. The van der Waals surface area contributed by atoms with E-state index in [4.69, 9.17) is 11.6 Å². The predicted octanol–water partition coefficient (Wildman–Crippen LogP) is 2.66. The van der Waals surface area contributed by atoms with Gasteiger partial charge in [0.05, 0.1) is 10.0 Å². The number of pyridine rings is 1. The summed E-state index contributed by atoms with van der Waals surface area (Å²) >= 11 is 7.28. The van der Waals surface area contributed by atoms with Crippen molar-refractivity contribution < 1.29 is 4.79 Å². The number of nitrogens with zero attached hydrogens (tertiary/aromatic N) is 1. The Morgan fingerprint density at radius 1 is 1.75 bits per heavy atom. The molecular weight excluding hydrogens is 194 g/mol. The lowest BCUT2D eigenvalue weighted by Gasteiger charge is -1.99. The molecule has 1 rings (SSSR count). The molecule has 0 amide bonds. The number of carbonyl (C=O) groups is 1. The van der Waals surface area contributed by atoms with Crippen LogP contribution in [0.2, 0.25) is 5.02 Å². The van der Waals surface area contributed by atoms with Gasteiger partial charge in [-0.05, 0) is 11.8 Å².